The van der Waals surface area contributed by atoms with E-state index in [0.29, 0.717) is 16.3 Å². The molecule has 0 radical (unpaired) electrons. The molecule has 4 N–H and O–H groups in total. The van der Waals surface area contributed by atoms with Gasteiger partial charge in [0.25, 0.3) is 5.91 Å². The highest BCUT2D eigenvalue weighted by atomic mass is 32.1. The van der Waals surface area contributed by atoms with Gasteiger partial charge in [0.15, 0.2) is 5.82 Å². The van der Waals surface area contributed by atoms with E-state index in [0.717, 1.165) is 41.1 Å². The zero-order valence-electron chi connectivity index (χ0n) is 31.2. The summed E-state index contributed by atoms with van der Waals surface area (Å²) in [5.41, 5.74) is 2.35. The Morgan fingerprint density at radius 3 is 1.98 bits per heavy atom. The maximum absolute atomic E-state index is 13.3. The average Bonchev–Trinajstić information content (AvgIpc) is 3.64. The van der Waals surface area contributed by atoms with E-state index in [2.05, 4.69) is 39.3 Å². The Labute approximate surface area is 311 Å². The van der Waals surface area contributed by atoms with Crippen LogP contribution in [0.15, 0.2) is 48.8 Å². The third-order valence-electron chi connectivity index (χ3n) is 9.70. The van der Waals surface area contributed by atoms with Crippen LogP contribution in [0.3, 0.4) is 0 Å². The van der Waals surface area contributed by atoms with E-state index >= 15 is 0 Å². The van der Waals surface area contributed by atoms with Gasteiger partial charge in [-0.1, -0.05) is 97.4 Å². The quantitative estimate of drug-likeness (QED) is 0.152. The van der Waals surface area contributed by atoms with Crippen LogP contribution in [-0.2, 0) is 26.2 Å². The number of amides is 2. The molecule has 2 atom stereocenters. The molecule has 1 aromatic carbocycles. The van der Waals surface area contributed by atoms with Gasteiger partial charge in [-0.05, 0) is 47.8 Å². The Balaban J connectivity index is 0.00000195. The Morgan fingerprint density at radius 1 is 0.846 bits per heavy atom. The van der Waals surface area contributed by atoms with Gasteiger partial charge in [0.1, 0.15) is 12.1 Å². The number of aromatic nitrogens is 2. The predicted octanol–water partition coefficient (Wildman–Crippen LogP) is 7.10. The van der Waals surface area contributed by atoms with Crippen molar-refractivity contribution in [1.29, 1.82) is 0 Å². The number of carboxylic acid groups (broad SMARTS) is 2. The van der Waals surface area contributed by atoms with Crippen molar-refractivity contribution < 1.29 is 29.4 Å². The SMILES string of the molecule is CC(C)(C)c1ccc(C(=O)NC(Cc2ccc(-c3ncc(N4CCC(C5CCCCC5)CC4)cn3)cc2)C(=O)NC(CC(=O)O)C(=O)O)s1.CCC. The summed E-state index contributed by atoms with van der Waals surface area (Å²) in [5, 5.41) is 23.7. The van der Waals surface area contributed by atoms with Crippen molar-refractivity contribution in [2.75, 3.05) is 18.0 Å². The van der Waals surface area contributed by atoms with E-state index < -0.39 is 42.3 Å². The molecule has 1 aliphatic carbocycles. The highest BCUT2D eigenvalue weighted by Crippen LogP contribution is 2.36. The van der Waals surface area contributed by atoms with Crippen LogP contribution >= 0.6 is 11.3 Å². The second kappa shape index (κ2) is 19.0. The fourth-order valence-corrected chi connectivity index (χ4v) is 7.81. The number of nitrogens with one attached hydrogen (secondary N) is 2. The second-order valence-corrected chi connectivity index (χ2v) is 16.1. The number of carbonyl (C=O) groups is 4. The number of nitrogens with zero attached hydrogens (tertiary/aromatic N) is 3. The zero-order valence-corrected chi connectivity index (χ0v) is 32.0. The van der Waals surface area contributed by atoms with E-state index in [-0.39, 0.29) is 11.8 Å². The number of hydrogen-bond donors (Lipinski definition) is 4. The number of anilines is 1. The lowest BCUT2D eigenvalue weighted by Gasteiger charge is -2.38. The fraction of sp³-hybridized carbons (Fsp3) is 0.550. The minimum absolute atomic E-state index is 0.0470. The third kappa shape index (κ3) is 11.6. The highest BCUT2D eigenvalue weighted by molar-refractivity contribution is 7.14. The van der Waals surface area contributed by atoms with E-state index in [1.807, 2.05) is 63.5 Å². The molecule has 5 rings (SSSR count). The first-order valence-corrected chi connectivity index (χ1v) is 19.4. The minimum Gasteiger partial charge on any atom is -0.481 e. The largest absolute Gasteiger partial charge is 0.481 e. The highest BCUT2D eigenvalue weighted by Gasteiger charge is 2.30. The van der Waals surface area contributed by atoms with Crippen molar-refractivity contribution in [3.63, 3.8) is 0 Å². The number of thiophene rings is 1. The van der Waals surface area contributed by atoms with Crippen molar-refractivity contribution >= 4 is 40.8 Å². The van der Waals surface area contributed by atoms with Crippen LogP contribution < -0.4 is 15.5 Å². The smallest absolute Gasteiger partial charge is 0.326 e. The first-order valence-electron chi connectivity index (χ1n) is 18.6. The molecular formula is C40H55N5O6S. The van der Waals surface area contributed by atoms with E-state index in [9.17, 15) is 24.3 Å². The number of carboxylic acids is 2. The molecule has 1 aliphatic heterocycles. The molecule has 12 heteroatoms. The summed E-state index contributed by atoms with van der Waals surface area (Å²) in [7, 11) is 0. The number of hydrogen-bond acceptors (Lipinski definition) is 8. The molecule has 52 heavy (non-hydrogen) atoms. The molecule has 0 bridgehead atoms. The first kappa shape index (κ1) is 40.5. The average molecular weight is 734 g/mol. The van der Waals surface area contributed by atoms with E-state index in [1.165, 1.54) is 62.7 Å². The van der Waals surface area contributed by atoms with Gasteiger partial charge in [-0.15, -0.1) is 11.3 Å². The van der Waals surface area contributed by atoms with Crippen LogP contribution in [0, 0.1) is 11.8 Å². The number of carbonyl (C=O) groups excluding carboxylic acids is 2. The first-order chi connectivity index (χ1) is 24.8. The van der Waals surface area contributed by atoms with Crippen LogP contribution in [0.2, 0.25) is 0 Å². The van der Waals surface area contributed by atoms with Gasteiger partial charge >= 0.3 is 11.9 Å². The molecule has 0 spiro atoms. The maximum atomic E-state index is 13.3. The molecule has 1 saturated heterocycles. The standard InChI is InChI=1S/C37H47N5O6S.C3H8/c1-37(2,3)31-14-13-30(49-31)35(46)40-28(34(45)41-29(36(47)48)20-32(43)44)19-23-9-11-26(12-10-23)33-38-21-27(22-39-33)42-17-15-25(16-18-42)24-7-5-4-6-8-24;1-3-2/h9-14,21-22,24-25,28-29H,4-8,15-20H2,1-3H3,(H,40,46)(H,41,45)(H,43,44)(H,47,48);3H2,1-2H3. The number of benzene rings is 1. The second-order valence-electron chi connectivity index (χ2n) is 15.0. The lowest BCUT2D eigenvalue weighted by Crippen LogP contribution is -2.52. The van der Waals surface area contributed by atoms with Crippen molar-refractivity contribution in [1.82, 2.24) is 20.6 Å². The summed E-state index contributed by atoms with van der Waals surface area (Å²) in [5.74, 6) is -1.83. The van der Waals surface area contributed by atoms with Crippen molar-refractivity contribution in [2.24, 2.45) is 11.8 Å². The maximum Gasteiger partial charge on any atom is 0.326 e. The van der Waals surface area contributed by atoms with Gasteiger partial charge < -0.3 is 25.7 Å². The summed E-state index contributed by atoms with van der Waals surface area (Å²) in [6.45, 7) is 12.4. The van der Waals surface area contributed by atoms with Gasteiger partial charge in [-0.2, -0.15) is 0 Å². The van der Waals surface area contributed by atoms with Crippen LogP contribution in [0.4, 0.5) is 5.69 Å². The Hall–Kier alpha value is -4.32. The van der Waals surface area contributed by atoms with Gasteiger partial charge in [-0.3, -0.25) is 14.4 Å². The fourth-order valence-electron chi connectivity index (χ4n) is 6.84. The molecule has 2 aliphatic rings. The molecule has 3 heterocycles. The molecule has 2 aromatic heterocycles. The summed E-state index contributed by atoms with van der Waals surface area (Å²) < 4.78 is 0. The van der Waals surface area contributed by atoms with Gasteiger partial charge in [0, 0.05) is 30.0 Å². The van der Waals surface area contributed by atoms with E-state index in [1.54, 1.807) is 6.07 Å². The van der Waals surface area contributed by atoms with Gasteiger partial charge in [0.2, 0.25) is 5.91 Å². The molecule has 11 nitrogen and oxygen atoms in total. The summed E-state index contributed by atoms with van der Waals surface area (Å²) >= 11 is 1.32. The van der Waals surface area contributed by atoms with Crippen molar-refractivity contribution in [3.8, 4) is 11.4 Å². The number of aliphatic carboxylic acids is 2. The van der Waals surface area contributed by atoms with Crippen LogP contribution in [0.5, 0.6) is 0 Å². The van der Waals surface area contributed by atoms with E-state index in [4.69, 9.17) is 5.11 Å². The topological polar surface area (TPSA) is 162 Å². The monoisotopic (exact) mass is 733 g/mol. The zero-order chi connectivity index (χ0) is 37.8. The molecule has 2 unspecified atom stereocenters. The van der Waals surface area contributed by atoms with Gasteiger partial charge in [0.05, 0.1) is 29.4 Å². The Morgan fingerprint density at radius 2 is 1.44 bits per heavy atom. The van der Waals surface area contributed by atoms with Crippen molar-refractivity contribution in [2.45, 2.75) is 116 Å². The van der Waals surface area contributed by atoms with Gasteiger partial charge in [-0.25, -0.2) is 14.8 Å². The van der Waals surface area contributed by atoms with Crippen molar-refractivity contribution in [3.05, 3.63) is 64.1 Å². The Bertz CT molecular complexity index is 1620. The summed E-state index contributed by atoms with van der Waals surface area (Å²) in [4.78, 5) is 62.5. The summed E-state index contributed by atoms with van der Waals surface area (Å²) in [6, 6.07) is 8.06. The molecule has 3 aromatic rings. The molecule has 2 amide bonds. The van der Waals surface area contributed by atoms with Crippen LogP contribution in [0.25, 0.3) is 11.4 Å². The molecule has 2 fully saturated rings. The third-order valence-corrected chi connectivity index (χ3v) is 11.2. The Kier molecular flexibility index (Phi) is 14.7. The summed E-state index contributed by atoms with van der Waals surface area (Å²) in [6.07, 6.45) is 13.6. The van der Waals surface area contributed by atoms with Crippen LogP contribution in [-0.4, -0.2) is 69.1 Å². The lowest BCUT2D eigenvalue weighted by molar-refractivity contribution is -0.147. The lowest BCUT2D eigenvalue weighted by atomic mass is 9.76. The number of piperidine rings is 1. The molecule has 1 saturated carbocycles. The minimum atomic E-state index is -1.65. The van der Waals surface area contributed by atoms with Crippen LogP contribution in [0.1, 0.15) is 113 Å². The molecule has 282 valence electrons. The number of rotatable bonds is 12. The molecular weight excluding hydrogens is 679 g/mol. The predicted molar refractivity (Wildman–Crippen MR) is 205 cm³/mol. The normalized spacial score (nSPS) is 16.6.